The summed E-state index contributed by atoms with van der Waals surface area (Å²) in [4.78, 5) is 2.86. The maximum absolute atomic E-state index is 2.86. The molecule has 0 saturated heterocycles. The molecule has 0 aliphatic carbocycles. The molecule has 0 amide bonds. The molecular formula is C4H5N5. The molecule has 9 heavy (non-hydrogen) atoms. The summed E-state index contributed by atoms with van der Waals surface area (Å²) in [5.74, 6) is 0. The van der Waals surface area contributed by atoms with E-state index < -0.39 is 0 Å². The fraction of sp³-hybridized carbons (Fsp3) is 0. The summed E-state index contributed by atoms with van der Waals surface area (Å²) >= 11 is 0. The molecule has 0 saturated carbocycles. The van der Waals surface area contributed by atoms with Crippen molar-refractivity contribution < 1.29 is 0 Å². The summed E-state index contributed by atoms with van der Waals surface area (Å²) in [5, 5.41) is 0. The summed E-state index contributed by atoms with van der Waals surface area (Å²) in [6.45, 7) is 0. The van der Waals surface area contributed by atoms with Crippen LogP contribution in [0.15, 0.2) is 24.5 Å². The predicted molar refractivity (Wildman–Crippen MR) is 29.3 cm³/mol. The molecule has 1 aromatic heterocycles. The van der Waals surface area contributed by atoms with Gasteiger partial charge < -0.3 is 4.98 Å². The van der Waals surface area contributed by atoms with E-state index in [2.05, 4.69) is 4.98 Å². The van der Waals surface area contributed by atoms with E-state index in [4.69, 9.17) is 0 Å². The molecule has 0 aromatic carbocycles. The highest BCUT2D eigenvalue weighted by Crippen LogP contribution is 1.72. The molecular weight excluding hydrogens is 118 g/mol. The molecule has 1 rings (SSSR count). The zero-order valence-corrected chi connectivity index (χ0v) is 4.60. The summed E-state index contributed by atoms with van der Waals surface area (Å²) in [7, 11) is 0. The van der Waals surface area contributed by atoms with Gasteiger partial charge in [-0.3, -0.25) is 0 Å². The van der Waals surface area contributed by atoms with Crippen molar-refractivity contribution in [1.82, 2.24) is 29.6 Å². The zero-order valence-electron chi connectivity index (χ0n) is 4.60. The first-order chi connectivity index (χ1) is 2.50. The minimum absolute atomic E-state index is 0. The lowest BCUT2D eigenvalue weighted by molar-refractivity contribution is 1.42. The van der Waals surface area contributed by atoms with E-state index in [1.807, 2.05) is 24.5 Å². The van der Waals surface area contributed by atoms with Gasteiger partial charge in [0.25, 0.3) is 0 Å². The fourth-order valence-electron chi connectivity index (χ4n) is 0.278. The van der Waals surface area contributed by atoms with Crippen LogP contribution in [0.2, 0.25) is 0 Å². The number of nitrogens with zero attached hydrogens (tertiary/aromatic N) is 4. The third kappa shape index (κ3) is 11.0. The first-order valence-corrected chi connectivity index (χ1v) is 1.58. The van der Waals surface area contributed by atoms with Gasteiger partial charge in [-0.25, -0.2) is 0 Å². The Hall–Kier alpha value is -0.880. The molecule has 46 valence electrons. The van der Waals surface area contributed by atoms with Crippen molar-refractivity contribution in [2.75, 3.05) is 0 Å². The second-order valence-electron chi connectivity index (χ2n) is 0.885. The number of hydrogen-bond acceptors (Lipinski definition) is 0. The molecule has 0 fully saturated rings. The standard InChI is InChI=1S/C4H5N.4N/c1-2-4-5-3-1;;;;/h1-5H;;;;. The van der Waals surface area contributed by atoms with Gasteiger partial charge in [0.2, 0.25) is 0 Å². The van der Waals surface area contributed by atoms with Crippen LogP contribution in [0, 0.1) is 0 Å². The Morgan fingerprint density at radius 3 is 1.11 bits per heavy atom. The van der Waals surface area contributed by atoms with E-state index in [0.29, 0.717) is 0 Å². The monoisotopic (exact) mass is 123 g/mol. The van der Waals surface area contributed by atoms with Crippen molar-refractivity contribution in [3.8, 4) is 0 Å². The molecule has 1 N–H and O–H groups in total. The predicted octanol–water partition coefficient (Wildman–Crippen LogP) is -0.908. The van der Waals surface area contributed by atoms with Crippen molar-refractivity contribution in [3.05, 3.63) is 24.5 Å². The molecule has 0 aliphatic heterocycles. The summed E-state index contributed by atoms with van der Waals surface area (Å²) in [5.41, 5.74) is 0. The van der Waals surface area contributed by atoms with Crippen LogP contribution in [0.3, 0.4) is 0 Å². The molecule has 0 atom stereocenters. The van der Waals surface area contributed by atoms with E-state index in [1.165, 1.54) is 0 Å². The lowest BCUT2D eigenvalue weighted by atomic mass is 10.7. The lowest BCUT2D eigenvalue weighted by Crippen LogP contribution is -1.38. The van der Waals surface area contributed by atoms with Crippen LogP contribution in [0.4, 0.5) is 0 Å². The lowest BCUT2D eigenvalue weighted by Gasteiger charge is -1.49. The number of hydrogen-bond donors (Lipinski definition) is 1. The van der Waals surface area contributed by atoms with E-state index >= 15 is 0 Å². The maximum atomic E-state index is 2.86. The Bertz CT molecular complexity index is 65.4. The van der Waals surface area contributed by atoms with Crippen molar-refractivity contribution in [1.29, 1.82) is 0 Å². The molecule has 1 heterocycles. The highest BCUT2D eigenvalue weighted by atomic mass is 14.6. The largest absolute Gasteiger partial charge is 0.368 e. The number of aromatic nitrogens is 1. The molecule has 12 radical (unpaired) electrons. The van der Waals surface area contributed by atoms with Gasteiger partial charge >= 0.3 is 0 Å². The van der Waals surface area contributed by atoms with Crippen LogP contribution in [0.1, 0.15) is 0 Å². The van der Waals surface area contributed by atoms with Crippen LogP contribution in [-0.2, 0) is 0 Å². The normalized spacial score (nSPS) is 4.44. The number of H-pyrrole nitrogens is 1. The van der Waals surface area contributed by atoms with Crippen LogP contribution in [-0.4, -0.2) is 4.98 Å². The van der Waals surface area contributed by atoms with Crippen molar-refractivity contribution in [3.63, 3.8) is 0 Å². The van der Waals surface area contributed by atoms with E-state index in [9.17, 15) is 0 Å². The SMILES string of the molecule is [N].[N].[N].[N].c1cc[nH]c1. The second-order valence-corrected chi connectivity index (χ2v) is 0.885. The molecule has 5 nitrogen and oxygen atoms in total. The van der Waals surface area contributed by atoms with Gasteiger partial charge in [-0.2, -0.15) is 0 Å². The van der Waals surface area contributed by atoms with Gasteiger partial charge in [-0.15, -0.1) is 0 Å². The van der Waals surface area contributed by atoms with E-state index in [-0.39, 0.29) is 24.6 Å². The van der Waals surface area contributed by atoms with E-state index in [1.54, 1.807) is 0 Å². The van der Waals surface area contributed by atoms with Crippen LogP contribution < -0.4 is 24.6 Å². The Kier molecular flexibility index (Phi) is 42.3. The molecule has 0 spiro atoms. The average molecular weight is 123 g/mol. The van der Waals surface area contributed by atoms with Gasteiger partial charge in [-0.05, 0) is 12.1 Å². The highest BCUT2D eigenvalue weighted by molar-refractivity contribution is 4.84. The minimum atomic E-state index is 0. The van der Waals surface area contributed by atoms with Crippen LogP contribution in [0.25, 0.3) is 0 Å². The van der Waals surface area contributed by atoms with Gasteiger partial charge in [0.05, 0.1) is 0 Å². The molecule has 0 unspecified atom stereocenters. The zero-order chi connectivity index (χ0) is 3.54. The topological polar surface area (TPSA) is 138 Å². The van der Waals surface area contributed by atoms with Crippen LogP contribution in [0.5, 0.6) is 0 Å². The van der Waals surface area contributed by atoms with Gasteiger partial charge in [0, 0.05) is 37.0 Å². The average Bonchev–Trinajstić information content (AvgIpc) is 1.76. The Morgan fingerprint density at radius 1 is 0.667 bits per heavy atom. The first-order valence-electron chi connectivity index (χ1n) is 1.58. The molecule has 1 aromatic rings. The van der Waals surface area contributed by atoms with Crippen molar-refractivity contribution in [2.45, 2.75) is 0 Å². The third-order valence-corrected chi connectivity index (χ3v) is 0.496. The Labute approximate surface area is 55.2 Å². The van der Waals surface area contributed by atoms with E-state index in [0.717, 1.165) is 0 Å². The third-order valence-electron chi connectivity index (χ3n) is 0.496. The quantitative estimate of drug-likeness (QED) is 0.456. The van der Waals surface area contributed by atoms with Crippen molar-refractivity contribution >= 4 is 0 Å². The van der Waals surface area contributed by atoms with Gasteiger partial charge in [0.1, 0.15) is 0 Å². The molecule has 0 aliphatic rings. The molecule has 5 heteroatoms. The minimum Gasteiger partial charge on any atom is -0.368 e. The Morgan fingerprint density at radius 2 is 1.00 bits per heavy atom. The highest BCUT2D eigenvalue weighted by Gasteiger charge is 1.55. The summed E-state index contributed by atoms with van der Waals surface area (Å²) < 4.78 is 0. The number of nitrogens with one attached hydrogen (secondary N) is 1. The van der Waals surface area contributed by atoms with Crippen molar-refractivity contribution in [2.24, 2.45) is 0 Å². The first kappa shape index (κ1) is 24.3. The second kappa shape index (κ2) is 15.7. The maximum Gasteiger partial charge on any atom is 0.000496 e. The Balaban J connectivity index is -0.0000000312. The number of aromatic amines is 1. The smallest absolute Gasteiger partial charge is 0.000496 e. The number of rotatable bonds is 0. The van der Waals surface area contributed by atoms with Gasteiger partial charge in [0.15, 0.2) is 0 Å². The van der Waals surface area contributed by atoms with Crippen LogP contribution >= 0.6 is 0 Å². The fourth-order valence-corrected chi connectivity index (χ4v) is 0.278. The van der Waals surface area contributed by atoms with Gasteiger partial charge in [-0.1, -0.05) is 0 Å². The summed E-state index contributed by atoms with van der Waals surface area (Å²) in [6, 6.07) is 3.89. The molecule has 0 bridgehead atoms. The summed E-state index contributed by atoms with van der Waals surface area (Å²) in [6.07, 6.45) is 3.75.